The van der Waals surface area contributed by atoms with Crippen LogP contribution in [0.1, 0.15) is 0 Å². The summed E-state index contributed by atoms with van der Waals surface area (Å²) in [5.74, 6) is 2.34. The van der Waals surface area contributed by atoms with Gasteiger partial charge < -0.3 is 14.5 Å². The highest BCUT2D eigenvalue weighted by molar-refractivity contribution is 6.28. The summed E-state index contributed by atoms with van der Waals surface area (Å²) in [6.45, 7) is 3.01. The lowest BCUT2D eigenvalue weighted by molar-refractivity contribution is 0.122. The minimum atomic E-state index is 0.233. The molecule has 0 aromatic carbocycles. The average molecular weight is 306 g/mol. The highest BCUT2D eigenvalue weighted by atomic mass is 35.5. The molecule has 0 atom stereocenters. The molecule has 1 aliphatic heterocycles. The van der Waals surface area contributed by atoms with Crippen LogP contribution in [-0.2, 0) is 4.74 Å². The van der Waals surface area contributed by atoms with Crippen LogP contribution in [-0.4, -0.2) is 48.3 Å². The van der Waals surface area contributed by atoms with Crippen LogP contribution in [0, 0.1) is 0 Å². The Labute approximate surface area is 128 Å². The predicted octanol–water partition coefficient (Wildman–Crippen LogP) is 2.13. The maximum absolute atomic E-state index is 6.07. The number of hydrogen-bond acceptors (Lipinski definition) is 6. The zero-order valence-electron chi connectivity index (χ0n) is 11.7. The van der Waals surface area contributed by atoms with E-state index in [4.69, 9.17) is 16.3 Å². The maximum Gasteiger partial charge on any atom is 0.226 e. The number of pyridine rings is 1. The number of ether oxygens (including phenoxy) is 1. The summed E-state index contributed by atoms with van der Waals surface area (Å²) in [5.41, 5.74) is 0. The van der Waals surface area contributed by atoms with Crippen molar-refractivity contribution < 1.29 is 4.74 Å². The molecule has 0 unspecified atom stereocenters. The first-order valence-electron chi connectivity index (χ1n) is 6.76. The van der Waals surface area contributed by atoms with Gasteiger partial charge >= 0.3 is 0 Å². The molecule has 1 fully saturated rings. The fourth-order valence-electron chi connectivity index (χ4n) is 2.19. The summed E-state index contributed by atoms with van der Waals surface area (Å²) in [6.07, 6.45) is 1.75. The van der Waals surface area contributed by atoms with E-state index in [0.29, 0.717) is 13.2 Å². The summed E-state index contributed by atoms with van der Waals surface area (Å²) >= 11 is 6.07. The minimum absolute atomic E-state index is 0.233. The first kappa shape index (κ1) is 14.0. The van der Waals surface area contributed by atoms with E-state index < -0.39 is 0 Å². The van der Waals surface area contributed by atoms with Gasteiger partial charge in [0.25, 0.3) is 0 Å². The van der Waals surface area contributed by atoms with E-state index >= 15 is 0 Å². The Morgan fingerprint density at radius 1 is 1.19 bits per heavy atom. The smallest absolute Gasteiger partial charge is 0.226 e. The van der Waals surface area contributed by atoms with Gasteiger partial charge in [-0.1, -0.05) is 6.07 Å². The molecule has 0 radical (unpaired) electrons. The van der Waals surface area contributed by atoms with E-state index in [2.05, 4.69) is 19.9 Å². The fraction of sp³-hybridized carbons (Fsp3) is 0.357. The topological polar surface area (TPSA) is 54.4 Å². The van der Waals surface area contributed by atoms with Crippen LogP contribution in [0.15, 0.2) is 30.5 Å². The second-order valence-electron chi connectivity index (χ2n) is 4.70. The molecule has 1 aliphatic rings. The summed E-state index contributed by atoms with van der Waals surface area (Å²) in [4.78, 5) is 16.9. The molecular formula is C14H16ClN5O. The van der Waals surface area contributed by atoms with E-state index in [1.165, 1.54) is 0 Å². The fourth-order valence-corrected chi connectivity index (χ4v) is 2.36. The molecule has 2 aromatic rings. The molecule has 3 rings (SSSR count). The van der Waals surface area contributed by atoms with E-state index in [1.807, 2.05) is 36.2 Å². The Kier molecular flexibility index (Phi) is 4.17. The van der Waals surface area contributed by atoms with Crippen LogP contribution >= 0.6 is 11.6 Å². The van der Waals surface area contributed by atoms with Crippen molar-refractivity contribution in [2.75, 3.05) is 43.2 Å². The molecule has 7 heteroatoms. The quantitative estimate of drug-likeness (QED) is 0.810. The zero-order chi connectivity index (χ0) is 14.7. The van der Waals surface area contributed by atoms with Gasteiger partial charge in [0.2, 0.25) is 5.28 Å². The highest BCUT2D eigenvalue weighted by Crippen LogP contribution is 2.25. The standard InChI is InChI=1S/C14H16ClN5O/c1-19(11-4-2-3-5-16-11)12-10-13(18-14(15)17-12)20-6-8-21-9-7-20/h2-5,10H,6-9H2,1H3. The molecule has 0 spiro atoms. The SMILES string of the molecule is CN(c1ccccn1)c1cc(N2CCOCC2)nc(Cl)n1. The highest BCUT2D eigenvalue weighted by Gasteiger charge is 2.16. The lowest BCUT2D eigenvalue weighted by Gasteiger charge is -2.28. The van der Waals surface area contributed by atoms with E-state index in [0.717, 1.165) is 30.5 Å². The largest absolute Gasteiger partial charge is 0.378 e. The molecule has 3 heterocycles. The van der Waals surface area contributed by atoms with Crippen LogP contribution in [0.2, 0.25) is 5.28 Å². The van der Waals surface area contributed by atoms with Crippen LogP contribution in [0.4, 0.5) is 17.5 Å². The Bertz CT molecular complexity index is 604. The van der Waals surface area contributed by atoms with E-state index in [-0.39, 0.29) is 5.28 Å². The molecule has 110 valence electrons. The van der Waals surface area contributed by atoms with E-state index in [1.54, 1.807) is 6.20 Å². The molecule has 1 saturated heterocycles. The van der Waals surface area contributed by atoms with Crippen LogP contribution in [0.5, 0.6) is 0 Å². The van der Waals surface area contributed by atoms with Crippen molar-refractivity contribution in [3.05, 3.63) is 35.7 Å². The number of rotatable bonds is 3. The normalized spacial score (nSPS) is 15.0. The summed E-state index contributed by atoms with van der Waals surface area (Å²) < 4.78 is 5.36. The summed E-state index contributed by atoms with van der Waals surface area (Å²) in [5, 5.41) is 0.233. The monoisotopic (exact) mass is 305 g/mol. The number of morpholine rings is 1. The molecule has 0 amide bonds. The second-order valence-corrected chi connectivity index (χ2v) is 5.04. The van der Waals surface area contributed by atoms with Crippen LogP contribution < -0.4 is 9.80 Å². The van der Waals surface area contributed by atoms with Crippen molar-refractivity contribution >= 4 is 29.1 Å². The Morgan fingerprint density at radius 2 is 2.00 bits per heavy atom. The number of hydrogen-bond donors (Lipinski definition) is 0. The Balaban J connectivity index is 1.90. The lowest BCUT2D eigenvalue weighted by Crippen LogP contribution is -2.37. The van der Waals surface area contributed by atoms with Crippen molar-refractivity contribution in [1.29, 1.82) is 0 Å². The summed E-state index contributed by atoms with van der Waals surface area (Å²) in [7, 11) is 1.91. The van der Waals surface area contributed by atoms with Gasteiger partial charge in [0, 0.05) is 32.4 Å². The second kappa shape index (κ2) is 6.24. The third kappa shape index (κ3) is 3.22. The lowest BCUT2D eigenvalue weighted by atomic mass is 10.3. The van der Waals surface area contributed by atoms with Gasteiger partial charge in [-0.2, -0.15) is 0 Å². The van der Waals surface area contributed by atoms with Gasteiger partial charge in [0.1, 0.15) is 17.5 Å². The van der Waals surface area contributed by atoms with Crippen molar-refractivity contribution in [3.63, 3.8) is 0 Å². The van der Waals surface area contributed by atoms with Gasteiger partial charge in [0.05, 0.1) is 13.2 Å². The first-order valence-corrected chi connectivity index (χ1v) is 7.14. The third-order valence-corrected chi connectivity index (χ3v) is 3.51. The number of halogens is 1. The van der Waals surface area contributed by atoms with Crippen LogP contribution in [0.3, 0.4) is 0 Å². The van der Waals surface area contributed by atoms with Gasteiger partial charge in [-0.3, -0.25) is 0 Å². The van der Waals surface area contributed by atoms with Crippen molar-refractivity contribution in [3.8, 4) is 0 Å². The van der Waals surface area contributed by atoms with Crippen molar-refractivity contribution in [2.24, 2.45) is 0 Å². The van der Waals surface area contributed by atoms with E-state index in [9.17, 15) is 0 Å². The third-order valence-electron chi connectivity index (χ3n) is 3.34. The van der Waals surface area contributed by atoms with Crippen LogP contribution in [0.25, 0.3) is 0 Å². The van der Waals surface area contributed by atoms with Crippen molar-refractivity contribution in [2.45, 2.75) is 0 Å². The Hall–Kier alpha value is -1.92. The van der Waals surface area contributed by atoms with Gasteiger partial charge in [0.15, 0.2) is 0 Å². The maximum atomic E-state index is 6.07. The molecule has 6 nitrogen and oxygen atoms in total. The average Bonchev–Trinajstić information content (AvgIpc) is 2.55. The Morgan fingerprint density at radius 3 is 2.71 bits per heavy atom. The van der Waals surface area contributed by atoms with Gasteiger partial charge in [-0.15, -0.1) is 0 Å². The molecule has 0 bridgehead atoms. The molecule has 0 saturated carbocycles. The number of aromatic nitrogens is 3. The molecule has 0 N–H and O–H groups in total. The minimum Gasteiger partial charge on any atom is -0.378 e. The molecule has 0 aliphatic carbocycles. The molecule has 2 aromatic heterocycles. The zero-order valence-corrected chi connectivity index (χ0v) is 12.5. The molecular weight excluding hydrogens is 290 g/mol. The molecule has 21 heavy (non-hydrogen) atoms. The van der Waals surface area contributed by atoms with Gasteiger partial charge in [-0.25, -0.2) is 15.0 Å². The van der Waals surface area contributed by atoms with Crippen molar-refractivity contribution in [1.82, 2.24) is 15.0 Å². The number of anilines is 3. The first-order chi connectivity index (χ1) is 10.2. The number of nitrogens with zero attached hydrogens (tertiary/aromatic N) is 5. The predicted molar refractivity (Wildman–Crippen MR) is 82.4 cm³/mol. The summed E-state index contributed by atoms with van der Waals surface area (Å²) in [6, 6.07) is 7.66. The van der Waals surface area contributed by atoms with Gasteiger partial charge in [-0.05, 0) is 23.7 Å².